The van der Waals surface area contributed by atoms with Crippen LogP contribution in [0.4, 0.5) is 5.69 Å². The van der Waals surface area contributed by atoms with Crippen LogP contribution in [0.1, 0.15) is 44.4 Å². The molecule has 2 rings (SSSR count). The van der Waals surface area contributed by atoms with Gasteiger partial charge in [-0.15, -0.1) is 11.8 Å². The number of benzene rings is 2. The van der Waals surface area contributed by atoms with Crippen molar-refractivity contribution >= 4 is 29.3 Å². The van der Waals surface area contributed by atoms with Crippen LogP contribution in [0, 0.1) is 13.8 Å². The van der Waals surface area contributed by atoms with Crippen molar-refractivity contribution in [1.82, 2.24) is 5.32 Å². The van der Waals surface area contributed by atoms with Crippen molar-refractivity contribution in [2.75, 3.05) is 11.9 Å². The Hall–Kier alpha value is -2.27. The number of hydrogen-bond acceptors (Lipinski definition) is 3. The van der Waals surface area contributed by atoms with E-state index in [1.807, 2.05) is 51.1 Å². The van der Waals surface area contributed by atoms with Crippen LogP contribution in [-0.4, -0.2) is 23.6 Å². The van der Waals surface area contributed by atoms with Crippen LogP contribution >= 0.6 is 11.8 Å². The van der Waals surface area contributed by atoms with Crippen LogP contribution in [0.3, 0.4) is 0 Å². The minimum Gasteiger partial charge on any atom is -0.346 e. The Morgan fingerprint density at radius 2 is 1.57 bits per heavy atom. The SMILES string of the molecule is Cc1cccc(C)c1NC(=O)CNC(=O)[C@@H](C)Sc1ccc(C(C)(C)C)cc1. The Balaban J connectivity index is 1.86. The molecular weight excluding hydrogens is 368 g/mol. The van der Waals surface area contributed by atoms with Crippen molar-refractivity contribution in [1.29, 1.82) is 0 Å². The minimum atomic E-state index is -0.284. The number of hydrogen-bond donors (Lipinski definition) is 2. The highest BCUT2D eigenvalue weighted by molar-refractivity contribution is 8.00. The number of nitrogens with one attached hydrogen (secondary N) is 2. The Bertz CT molecular complexity index is 818. The molecule has 0 aromatic heterocycles. The number of carbonyl (C=O) groups excluding carboxylic acids is 2. The summed E-state index contributed by atoms with van der Waals surface area (Å²) in [5.74, 6) is -0.376. The Labute approximate surface area is 172 Å². The lowest BCUT2D eigenvalue weighted by molar-refractivity contribution is -0.123. The van der Waals surface area contributed by atoms with E-state index in [4.69, 9.17) is 0 Å². The van der Waals surface area contributed by atoms with Gasteiger partial charge < -0.3 is 10.6 Å². The first-order chi connectivity index (χ1) is 13.1. The third-order valence-corrected chi connectivity index (χ3v) is 5.68. The molecule has 0 aliphatic rings. The predicted molar refractivity (Wildman–Crippen MR) is 118 cm³/mol. The third kappa shape index (κ3) is 6.13. The van der Waals surface area contributed by atoms with Gasteiger partial charge in [0.2, 0.25) is 11.8 Å². The van der Waals surface area contributed by atoms with Crippen LogP contribution in [0.15, 0.2) is 47.4 Å². The second kappa shape index (κ2) is 9.28. The molecule has 0 aliphatic carbocycles. The molecule has 4 nitrogen and oxygen atoms in total. The van der Waals surface area contributed by atoms with E-state index in [-0.39, 0.29) is 29.0 Å². The number of rotatable bonds is 6. The van der Waals surface area contributed by atoms with E-state index in [2.05, 4.69) is 43.5 Å². The van der Waals surface area contributed by atoms with Crippen molar-refractivity contribution in [3.05, 3.63) is 59.2 Å². The average Bonchev–Trinajstić information content (AvgIpc) is 2.62. The first-order valence-electron chi connectivity index (χ1n) is 9.49. The molecule has 150 valence electrons. The molecule has 0 unspecified atom stereocenters. The van der Waals surface area contributed by atoms with E-state index in [9.17, 15) is 9.59 Å². The highest BCUT2D eigenvalue weighted by atomic mass is 32.2. The van der Waals surface area contributed by atoms with Crippen molar-refractivity contribution in [2.24, 2.45) is 0 Å². The van der Waals surface area contributed by atoms with Gasteiger partial charge in [-0.2, -0.15) is 0 Å². The second-order valence-corrected chi connectivity index (χ2v) is 9.48. The lowest BCUT2D eigenvalue weighted by Crippen LogP contribution is -2.37. The van der Waals surface area contributed by atoms with Crippen molar-refractivity contribution in [2.45, 2.75) is 57.1 Å². The molecular formula is C23H30N2O2S. The first-order valence-corrected chi connectivity index (χ1v) is 10.4. The van der Waals surface area contributed by atoms with E-state index in [0.717, 1.165) is 21.7 Å². The van der Waals surface area contributed by atoms with Crippen molar-refractivity contribution in [3.63, 3.8) is 0 Å². The summed E-state index contributed by atoms with van der Waals surface area (Å²) in [6.07, 6.45) is 0. The standard InChI is InChI=1S/C23H30N2O2S/c1-15-8-7-9-16(2)21(15)25-20(26)14-24-22(27)17(3)28-19-12-10-18(11-13-19)23(4,5)6/h7-13,17H,14H2,1-6H3,(H,24,27)(H,25,26)/t17-/m1/s1. The zero-order valence-corrected chi connectivity index (χ0v) is 18.4. The van der Waals surface area contributed by atoms with Gasteiger partial charge in [0.1, 0.15) is 0 Å². The lowest BCUT2D eigenvalue weighted by atomic mass is 9.87. The van der Waals surface area contributed by atoms with Gasteiger partial charge >= 0.3 is 0 Å². The molecule has 2 aromatic carbocycles. The molecule has 0 saturated heterocycles. The monoisotopic (exact) mass is 398 g/mol. The quantitative estimate of drug-likeness (QED) is 0.685. The maximum absolute atomic E-state index is 12.4. The van der Waals surface area contributed by atoms with Gasteiger partial charge in [0.05, 0.1) is 11.8 Å². The van der Waals surface area contributed by atoms with E-state index in [1.54, 1.807) is 0 Å². The molecule has 2 aromatic rings. The highest BCUT2D eigenvalue weighted by Crippen LogP contribution is 2.28. The first kappa shape index (κ1) is 22.0. The van der Waals surface area contributed by atoms with Crippen LogP contribution < -0.4 is 10.6 Å². The van der Waals surface area contributed by atoms with Gasteiger partial charge in [0.15, 0.2) is 0 Å². The van der Waals surface area contributed by atoms with Crippen LogP contribution in [0.25, 0.3) is 0 Å². The van der Waals surface area contributed by atoms with Crippen LogP contribution in [-0.2, 0) is 15.0 Å². The zero-order chi connectivity index (χ0) is 20.9. The lowest BCUT2D eigenvalue weighted by Gasteiger charge is -2.19. The summed E-state index contributed by atoms with van der Waals surface area (Å²) >= 11 is 1.49. The summed E-state index contributed by atoms with van der Waals surface area (Å²) in [7, 11) is 0. The smallest absolute Gasteiger partial charge is 0.243 e. The number of thioether (sulfide) groups is 1. The Morgan fingerprint density at radius 1 is 1.00 bits per heavy atom. The maximum atomic E-state index is 12.4. The summed E-state index contributed by atoms with van der Waals surface area (Å²) < 4.78 is 0. The average molecular weight is 399 g/mol. The fraction of sp³-hybridized carbons (Fsp3) is 0.391. The Morgan fingerprint density at radius 3 is 2.11 bits per heavy atom. The third-order valence-electron chi connectivity index (χ3n) is 4.57. The molecule has 1 atom stereocenters. The molecule has 0 aliphatic heterocycles. The number of para-hydroxylation sites is 1. The molecule has 28 heavy (non-hydrogen) atoms. The molecule has 0 radical (unpaired) electrons. The van der Waals surface area contributed by atoms with E-state index >= 15 is 0 Å². The van der Waals surface area contributed by atoms with E-state index < -0.39 is 0 Å². The van der Waals surface area contributed by atoms with Crippen LogP contribution in [0.5, 0.6) is 0 Å². The fourth-order valence-corrected chi connectivity index (χ4v) is 3.69. The largest absolute Gasteiger partial charge is 0.346 e. The summed E-state index contributed by atoms with van der Waals surface area (Å²) in [6.45, 7) is 12.2. The highest BCUT2D eigenvalue weighted by Gasteiger charge is 2.17. The molecule has 0 spiro atoms. The van der Waals surface area contributed by atoms with E-state index in [0.29, 0.717) is 0 Å². The molecule has 2 amide bonds. The van der Waals surface area contributed by atoms with E-state index in [1.165, 1.54) is 17.3 Å². The van der Waals surface area contributed by atoms with Crippen molar-refractivity contribution < 1.29 is 9.59 Å². The molecule has 5 heteroatoms. The van der Waals surface area contributed by atoms with Gasteiger partial charge in [0, 0.05) is 10.6 Å². The topological polar surface area (TPSA) is 58.2 Å². The zero-order valence-electron chi connectivity index (χ0n) is 17.6. The molecule has 0 bridgehead atoms. The van der Waals surface area contributed by atoms with Crippen molar-refractivity contribution in [3.8, 4) is 0 Å². The summed E-state index contributed by atoms with van der Waals surface area (Å²) in [6, 6.07) is 14.1. The fourth-order valence-electron chi connectivity index (χ4n) is 2.80. The summed E-state index contributed by atoms with van der Waals surface area (Å²) in [4.78, 5) is 25.6. The molecule has 0 heterocycles. The van der Waals surface area contributed by atoms with Gasteiger partial charge in [-0.1, -0.05) is 51.1 Å². The number of aryl methyl sites for hydroxylation is 2. The minimum absolute atomic E-state index is 0.0412. The van der Waals surface area contributed by atoms with Gasteiger partial charge in [-0.25, -0.2) is 0 Å². The van der Waals surface area contributed by atoms with Crippen LogP contribution in [0.2, 0.25) is 0 Å². The van der Waals surface area contributed by atoms with Gasteiger partial charge in [-0.3, -0.25) is 9.59 Å². The number of carbonyl (C=O) groups is 2. The summed E-state index contributed by atoms with van der Waals surface area (Å²) in [5, 5.41) is 5.32. The number of amides is 2. The van der Waals surface area contributed by atoms with Gasteiger partial charge in [0.25, 0.3) is 0 Å². The Kier molecular flexibility index (Phi) is 7.30. The molecule has 2 N–H and O–H groups in total. The normalized spacial score (nSPS) is 12.4. The second-order valence-electron chi connectivity index (χ2n) is 8.07. The maximum Gasteiger partial charge on any atom is 0.243 e. The molecule has 0 saturated carbocycles. The molecule has 0 fully saturated rings. The predicted octanol–water partition coefficient (Wildman–Crippen LogP) is 4.84. The number of anilines is 1. The van der Waals surface area contributed by atoms with Gasteiger partial charge in [-0.05, 0) is 55.0 Å². The summed E-state index contributed by atoms with van der Waals surface area (Å²) in [5.41, 5.74) is 4.18.